The molecular formula is C8H11ClN4. The molecule has 2 heterocycles. The summed E-state index contributed by atoms with van der Waals surface area (Å²) in [5.74, 6) is 0.751. The smallest absolute Gasteiger partial charge is 0.149 e. The Bertz CT molecular complexity index is 285. The van der Waals surface area contributed by atoms with Crippen molar-refractivity contribution in [1.82, 2.24) is 15.3 Å². The molecular weight excluding hydrogens is 188 g/mol. The minimum atomic E-state index is 0.427. The van der Waals surface area contributed by atoms with Crippen molar-refractivity contribution in [2.75, 3.05) is 18.4 Å². The highest BCUT2D eigenvalue weighted by Gasteiger charge is 2.14. The summed E-state index contributed by atoms with van der Waals surface area (Å²) in [6.07, 6.45) is 4.33. The normalized spacial score (nSPS) is 21.8. The molecule has 70 valence electrons. The third-order valence-corrected chi connectivity index (χ3v) is 2.20. The van der Waals surface area contributed by atoms with Gasteiger partial charge in [0.2, 0.25) is 0 Å². The van der Waals surface area contributed by atoms with E-state index in [4.69, 9.17) is 11.6 Å². The minimum Gasteiger partial charge on any atom is -0.365 e. The van der Waals surface area contributed by atoms with E-state index in [0.29, 0.717) is 11.2 Å². The maximum absolute atomic E-state index is 5.70. The van der Waals surface area contributed by atoms with Crippen molar-refractivity contribution >= 4 is 17.4 Å². The standard InChI is InChI=1S/C8H11ClN4/c9-7-4-11-5-8(13-7)12-6-1-2-10-3-6/h4-6,10H,1-3H2,(H,12,13). The summed E-state index contributed by atoms with van der Waals surface area (Å²) in [7, 11) is 0. The Balaban J connectivity index is 2.00. The third kappa shape index (κ3) is 2.29. The summed E-state index contributed by atoms with van der Waals surface area (Å²) in [5, 5.41) is 6.95. The summed E-state index contributed by atoms with van der Waals surface area (Å²) >= 11 is 5.70. The first kappa shape index (κ1) is 8.72. The van der Waals surface area contributed by atoms with Crippen molar-refractivity contribution in [3.8, 4) is 0 Å². The number of halogens is 1. The van der Waals surface area contributed by atoms with Crippen molar-refractivity contribution in [2.24, 2.45) is 0 Å². The molecule has 1 unspecified atom stereocenters. The molecule has 0 aliphatic carbocycles. The fourth-order valence-electron chi connectivity index (χ4n) is 1.40. The summed E-state index contributed by atoms with van der Waals surface area (Å²) in [6, 6.07) is 0.452. The number of anilines is 1. The number of rotatable bonds is 2. The highest BCUT2D eigenvalue weighted by Crippen LogP contribution is 2.10. The predicted molar refractivity (Wildman–Crippen MR) is 51.9 cm³/mol. The van der Waals surface area contributed by atoms with Gasteiger partial charge in [-0.3, -0.25) is 4.98 Å². The zero-order valence-corrected chi connectivity index (χ0v) is 7.88. The zero-order chi connectivity index (χ0) is 9.10. The van der Waals surface area contributed by atoms with Gasteiger partial charge in [-0.25, -0.2) is 4.98 Å². The quantitative estimate of drug-likeness (QED) is 0.742. The first-order valence-corrected chi connectivity index (χ1v) is 4.67. The van der Waals surface area contributed by atoms with Crippen molar-refractivity contribution < 1.29 is 0 Å². The third-order valence-electron chi connectivity index (χ3n) is 2.02. The summed E-state index contributed by atoms with van der Waals surface area (Å²) in [6.45, 7) is 2.04. The van der Waals surface area contributed by atoms with Crippen LogP contribution in [0.4, 0.5) is 5.82 Å². The Morgan fingerprint density at radius 1 is 1.54 bits per heavy atom. The topological polar surface area (TPSA) is 49.8 Å². The van der Waals surface area contributed by atoms with Gasteiger partial charge in [-0.1, -0.05) is 11.6 Å². The number of hydrogen-bond donors (Lipinski definition) is 2. The average Bonchev–Trinajstić information content (AvgIpc) is 2.57. The second-order valence-electron chi connectivity index (χ2n) is 3.06. The Labute approximate surface area is 81.7 Å². The van der Waals surface area contributed by atoms with Crippen molar-refractivity contribution in [3.05, 3.63) is 17.5 Å². The average molecular weight is 199 g/mol. The van der Waals surface area contributed by atoms with Crippen LogP contribution in [0.15, 0.2) is 12.4 Å². The van der Waals surface area contributed by atoms with E-state index in [2.05, 4.69) is 20.6 Å². The van der Waals surface area contributed by atoms with E-state index in [1.165, 1.54) is 6.20 Å². The van der Waals surface area contributed by atoms with Gasteiger partial charge in [-0.2, -0.15) is 0 Å². The van der Waals surface area contributed by atoms with Crippen LogP contribution in [-0.2, 0) is 0 Å². The molecule has 13 heavy (non-hydrogen) atoms. The van der Waals surface area contributed by atoms with Gasteiger partial charge in [-0.05, 0) is 13.0 Å². The van der Waals surface area contributed by atoms with E-state index >= 15 is 0 Å². The van der Waals surface area contributed by atoms with Crippen molar-refractivity contribution in [3.63, 3.8) is 0 Å². The van der Waals surface area contributed by atoms with Gasteiger partial charge < -0.3 is 10.6 Å². The highest BCUT2D eigenvalue weighted by molar-refractivity contribution is 6.29. The van der Waals surface area contributed by atoms with Crippen LogP contribution in [0.5, 0.6) is 0 Å². The van der Waals surface area contributed by atoms with Gasteiger partial charge in [0.1, 0.15) is 11.0 Å². The lowest BCUT2D eigenvalue weighted by molar-refractivity contribution is 0.786. The maximum Gasteiger partial charge on any atom is 0.149 e. The van der Waals surface area contributed by atoms with Crippen LogP contribution < -0.4 is 10.6 Å². The molecule has 2 N–H and O–H groups in total. The monoisotopic (exact) mass is 198 g/mol. The minimum absolute atomic E-state index is 0.427. The van der Waals surface area contributed by atoms with Crippen LogP contribution in [0.3, 0.4) is 0 Å². The van der Waals surface area contributed by atoms with E-state index in [-0.39, 0.29) is 0 Å². The molecule has 0 saturated carbocycles. The lowest BCUT2D eigenvalue weighted by Gasteiger charge is -2.10. The number of nitrogens with zero attached hydrogens (tertiary/aromatic N) is 2. The van der Waals surface area contributed by atoms with Gasteiger partial charge in [0.25, 0.3) is 0 Å². The van der Waals surface area contributed by atoms with Gasteiger partial charge in [0, 0.05) is 12.6 Å². The first-order chi connectivity index (χ1) is 6.34. The van der Waals surface area contributed by atoms with E-state index in [1.54, 1.807) is 6.20 Å². The van der Waals surface area contributed by atoms with E-state index in [0.717, 1.165) is 25.3 Å². The van der Waals surface area contributed by atoms with Crippen LogP contribution in [0.25, 0.3) is 0 Å². The molecule has 1 atom stereocenters. The Kier molecular flexibility index (Phi) is 2.61. The Morgan fingerprint density at radius 2 is 2.46 bits per heavy atom. The van der Waals surface area contributed by atoms with E-state index < -0.39 is 0 Å². The van der Waals surface area contributed by atoms with E-state index in [1.807, 2.05) is 0 Å². The SMILES string of the molecule is Clc1cncc(NC2CCNC2)n1. The molecule has 0 spiro atoms. The van der Waals surface area contributed by atoms with Crippen LogP contribution >= 0.6 is 11.6 Å². The van der Waals surface area contributed by atoms with Crippen LogP contribution in [-0.4, -0.2) is 29.1 Å². The van der Waals surface area contributed by atoms with Crippen molar-refractivity contribution in [2.45, 2.75) is 12.5 Å². The fraction of sp³-hybridized carbons (Fsp3) is 0.500. The summed E-state index contributed by atoms with van der Waals surface area (Å²) in [4.78, 5) is 8.05. The molecule has 1 saturated heterocycles. The number of hydrogen-bond acceptors (Lipinski definition) is 4. The van der Waals surface area contributed by atoms with E-state index in [9.17, 15) is 0 Å². The molecule has 0 bridgehead atoms. The maximum atomic E-state index is 5.70. The molecule has 0 radical (unpaired) electrons. The molecule has 5 heteroatoms. The van der Waals surface area contributed by atoms with Gasteiger partial charge in [-0.15, -0.1) is 0 Å². The zero-order valence-electron chi connectivity index (χ0n) is 7.13. The number of aromatic nitrogens is 2. The molecule has 1 aliphatic rings. The lowest BCUT2D eigenvalue weighted by Crippen LogP contribution is -2.22. The molecule has 1 aromatic rings. The second-order valence-corrected chi connectivity index (χ2v) is 3.45. The van der Waals surface area contributed by atoms with Gasteiger partial charge in [0.15, 0.2) is 0 Å². The molecule has 2 rings (SSSR count). The molecule has 1 aliphatic heterocycles. The molecule has 4 nitrogen and oxygen atoms in total. The molecule has 1 aromatic heterocycles. The Morgan fingerprint density at radius 3 is 3.15 bits per heavy atom. The van der Waals surface area contributed by atoms with Crippen LogP contribution in [0.2, 0.25) is 5.15 Å². The van der Waals surface area contributed by atoms with Crippen LogP contribution in [0.1, 0.15) is 6.42 Å². The summed E-state index contributed by atoms with van der Waals surface area (Å²) in [5.41, 5.74) is 0. The predicted octanol–water partition coefficient (Wildman–Crippen LogP) is 0.904. The fourth-order valence-corrected chi connectivity index (χ4v) is 1.55. The lowest BCUT2D eigenvalue weighted by atomic mass is 10.3. The van der Waals surface area contributed by atoms with Crippen molar-refractivity contribution in [1.29, 1.82) is 0 Å². The van der Waals surface area contributed by atoms with Gasteiger partial charge in [0.05, 0.1) is 12.4 Å². The largest absolute Gasteiger partial charge is 0.365 e. The first-order valence-electron chi connectivity index (χ1n) is 4.29. The molecule has 0 aromatic carbocycles. The van der Waals surface area contributed by atoms with Crippen LogP contribution in [0, 0.1) is 0 Å². The highest BCUT2D eigenvalue weighted by atomic mass is 35.5. The number of nitrogens with one attached hydrogen (secondary N) is 2. The second kappa shape index (κ2) is 3.89. The molecule has 0 amide bonds. The Hall–Kier alpha value is -0.870. The molecule has 1 fully saturated rings. The summed E-state index contributed by atoms with van der Waals surface area (Å²) < 4.78 is 0. The van der Waals surface area contributed by atoms with Gasteiger partial charge >= 0.3 is 0 Å².